The Labute approximate surface area is 231 Å². The number of aromatic nitrogens is 4. The highest BCUT2D eigenvalue weighted by atomic mass is 35.5. The lowest BCUT2D eigenvalue weighted by atomic mass is 9.98. The number of ether oxygens (including phenoxy) is 3. The van der Waals surface area contributed by atoms with Crippen LogP contribution in [0.3, 0.4) is 0 Å². The Balaban J connectivity index is 1.70. The number of rotatable bonds is 9. The van der Waals surface area contributed by atoms with Crippen molar-refractivity contribution in [3.63, 3.8) is 0 Å². The van der Waals surface area contributed by atoms with Crippen LogP contribution in [0.5, 0.6) is 11.5 Å². The van der Waals surface area contributed by atoms with Gasteiger partial charge in [-0.15, -0.1) is 10.2 Å². The van der Waals surface area contributed by atoms with Gasteiger partial charge in [-0.05, 0) is 45.0 Å². The second-order valence-corrected chi connectivity index (χ2v) is 10.2. The molecule has 0 unspecified atom stereocenters. The van der Waals surface area contributed by atoms with E-state index < -0.39 is 17.1 Å². The van der Waals surface area contributed by atoms with Crippen molar-refractivity contribution >= 4 is 34.0 Å². The summed E-state index contributed by atoms with van der Waals surface area (Å²) in [5, 5.41) is 25.0. The van der Waals surface area contributed by atoms with E-state index in [1.165, 1.54) is 24.1 Å². The average molecular weight is 571 g/mol. The Hall–Kier alpha value is -4.25. The maximum Gasteiger partial charge on any atom is 0.379 e. The molecule has 0 aliphatic rings. The van der Waals surface area contributed by atoms with Crippen LogP contribution in [0.4, 0.5) is 5.13 Å². The number of nitrogens with one attached hydrogen (secondary N) is 1. The van der Waals surface area contributed by atoms with Crippen molar-refractivity contribution in [2.75, 3.05) is 25.6 Å². The highest BCUT2D eigenvalue weighted by Gasteiger charge is 2.24. The third-order valence-corrected chi connectivity index (χ3v) is 6.15. The lowest BCUT2D eigenvalue weighted by molar-refractivity contribution is -0.0166. The quantitative estimate of drug-likeness (QED) is 0.287. The molecular weight excluding hydrogens is 548 g/mol. The fourth-order valence-electron chi connectivity index (χ4n) is 3.42. The summed E-state index contributed by atoms with van der Waals surface area (Å²) in [6.45, 7) is 5.86. The molecule has 0 bridgehead atoms. The summed E-state index contributed by atoms with van der Waals surface area (Å²) in [5.41, 5.74) is -0.732. The number of benzene rings is 1. The van der Waals surface area contributed by atoms with Gasteiger partial charge in [0.15, 0.2) is 5.76 Å². The molecule has 12 nitrogen and oxygen atoms in total. The normalized spacial score (nSPS) is 11.2. The molecule has 3 heterocycles. The first kappa shape index (κ1) is 27.8. The number of hydrogen-bond acceptors (Lipinski definition) is 11. The van der Waals surface area contributed by atoms with Crippen LogP contribution in [-0.2, 0) is 4.74 Å². The molecule has 0 fully saturated rings. The van der Waals surface area contributed by atoms with Crippen molar-refractivity contribution in [3.05, 3.63) is 63.4 Å². The Bertz CT molecular complexity index is 1600. The topological polar surface area (TPSA) is 154 Å². The number of carbonyl (C=O) groups is 1. The molecular formula is C25H23ClN6O6S. The lowest BCUT2D eigenvalue weighted by Crippen LogP contribution is -2.23. The summed E-state index contributed by atoms with van der Waals surface area (Å²) in [4.78, 5) is 26.2. The molecule has 1 aromatic carbocycles. The minimum Gasteiger partial charge on any atom is -0.496 e. The van der Waals surface area contributed by atoms with E-state index in [9.17, 15) is 14.9 Å². The van der Waals surface area contributed by atoms with E-state index in [1.54, 1.807) is 24.3 Å². The zero-order chi connectivity index (χ0) is 28.2. The number of anilines is 1. The third-order valence-electron chi connectivity index (χ3n) is 5.05. The molecule has 0 saturated heterocycles. The largest absolute Gasteiger partial charge is 0.496 e. The number of amides is 1. The fourth-order valence-corrected chi connectivity index (χ4v) is 4.36. The lowest BCUT2D eigenvalue weighted by Gasteiger charge is -2.20. The van der Waals surface area contributed by atoms with E-state index in [4.69, 9.17) is 30.2 Å². The van der Waals surface area contributed by atoms with Crippen molar-refractivity contribution in [1.29, 1.82) is 5.26 Å². The number of nitriles is 1. The molecule has 0 aliphatic carbocycles. The second-order valence-electron chi connectivity index (χ2n) is 8.85. The zero-order valence-electron chi connectivity index (χ0n) is 21.4. The van der Waals surface area contributed by atoms with E-state index in [1.807, 2.05) is 20.8 Å². The number of carbonyl (C=O) groups excluding carboxylic acids is 1. The highest BCUT2D eigenvalue weighted by molar-refractivity contribution is 7.17. The van der Waals surface area contributed by atoms with E-state index in [2.05, 4.69) is 26.7 Å². The predicted octanol–water partition coefficient (Wildman–Crippen LogP) is 4.32. The van der Waals surface area contributed by atoms with Gasteiger partial charge in [-0.3, -0.25) is 10.1 Å². The second kappa shape index (κ2) is 11.6. The van der Waals surface area contributed by atoms with Crippen molar-refractivity contribution in [2.24, 2.45) is 0 Å². The SMILES string of the molecule is COc1cccc(C#N)c1-c1cc(C(=O)Nc2nnc(-n3nccc3Cl)s2)oc(=O)c1OCCOC(C)(C)C. The highest BCUT2D eigenvalue weighted by Crippen LogP contribution is 2.38. The van der Waals surface area contributed by atoms with Crippen LogP contribution in [-0.4, -0.2) is 51.8 Å². The predicted molar refractivity (Wildman–Crippen MR) is 143 cm³/mol. The van der Waals surface area contributed by atoms with Crippen molar-refractivity contribution in [3.8, 4) is 33.8 Å². The Morgan fingerprint density at radius 3 is 2.72 bits per heavy atom. The molecule has 1 N–H and O–H groups in total. The van der Waals surface area contributed by atoms with E-state index in [-0.39, 0.29) is 46.5 Å². The van der Waals surface area contributed by atoms with Gasteiger partial charge in [-0.1, -0.05) is 29.0 Å². The minimum atomic E-state index is -0.926. The number of hydrogen-bond donors (Lipinski definition) is 1. The fraction of sp³-hybridized carbons (Fsp3) is 0.280. The molecule has 0 spiro atoms. The standard InChI is InChI=1S/C25H23ClN6O6S/c1-25(2,3)37-11-10-36-20-15(19-14(13-27)6-5-7-16(19)35-4)12-17(38-22(20)34)21(33)29-23-30-31-24(39-23)32-18(26)8-9-28-32/h5-9,12H,10-11H2,1-4H3,(H,29,30,33). The number of methoxy groups -OCH3 is 1. The van der Waals surface area contributed by atoms with Gasteiger partial charge in [-0.25, -0.2) is 4.79 Å². The van der Waals surface area contributed by atoms with Gasteiger partial charge in [0.2, 0.25) is 16.0 Å². The average Bonchev–Trinajstić information content (AvgIpc) is 3.54. The summed E-state index contributed by atoms with van der Waals surface area (Å²) in [7, 11) is 1.43. The van der Waals surface area contributed by atoms with Gasteiger partial charge in [0, 0.05) is 11.1 Å². The molecule has 4 rings (SSSR count). The monoisotopic (exact) mass is 570 g/mol. The van der Waals surface area contributed by atoms with Crippen molar-refractivity contribution < 1.29 is 23.4 Å². The Morgan fingerprint density at radius 2 is 2.05 bits per heavy atom. The van der Waals surface area contributed by atoms with Gasteiger partial charge < -0.3 is 18.6 Å². The molecule has 1 amide bonds. The Morgan fingerprint density at radius 1 is 1.26 bits per heavy atom. The summed E-state index contributed by atoms with van der Waals surface area (Å²) in [6, 6.07) is 9.78. The molecule has 0 aliphatic heterocycles. The van der Waals surface area contributed by atoms with Crippen LogP contribution in [0.25, 0.3) is 16.3 Å². The van der Waals surface area contributed by atoms with Gasteiger partial charge in [0.05, 0.1) is 37.1 Å². The minimum absolute atomic E-state index is 0.0150. The first-order valence-corrected chi connectivity index (χ1v) is 12.7. The summed E-state index contributed by atoms with van der Waals surface area (Å²) in [5.74, 6) is -1.03. The summed E-state index contributed by atoms with van der Waals surface area (Å²) < 4.78 is 23.5. The van der Waals surface area contributed by atoms with Crippen LogP contribution in [0.2, 0.25) is 5.15 Å². The van der Waals surface area contributed by atoms with E-state index in [0.29, 0.717) is 16.0 Å². The zero-order valence-corrected chi connectivity index (χ0v) is 22.9. The van der Waals surface area contributed by atoms with Crippen LogP contribution in [0.1, 0.15) is 36.9 Å². The first-order valence-electron chi connectivity index (χ1n) is 11.5. The van der Waals surface area contributed by atoms with Crippen LogP contribution in [0, 0.1) is 11.3 Å². The third kappa shape index (κ3) is 6.43. The smallest absolute Gasteiger partial charge is 0.379 e. The van der Waals surface area contributed by atoms with Crippen molar-refractivity contribution in [1.82, 2.24) is 20.0 Å². The van der Waals surface area contributed by atoms with Crippen molar-refractivity contribution in [2.45, 2.75) is 26.4 Å². The maximum atomic E-state index is 13.1. The van der Waals surface area contributed by atoms with Crippen LogP contribution < -0.4 is 20.4 Å². The summed E-state index contributed by atoms with van der Waals surface area (Å²) >= 11 is 7.06. The molecule has 0 saturated carbocycles. The molecule has 0 atom stereocenters. The van der Waals surface area contributed by atoms with E-state index in [0.717, 1.165) is 11.3 Å². The van der Waals surface area contributed by atoms with Gasteiger partial charge in [-0.2, -0.15) is 15.0 Å². The number of nitrogens with zero attached hydrogens (tertiary/aromatic N) is 5. The van der Waals surface area contributed by atoms with E-state index >= 15 is 0 Å². The number of halogens is 1. The molecule has 4 aromatic rings. The van der Waals surface area contributed by atoms with Crippen LogP contribution >= 0.6 is 22.9 Å². The first-order chi connectivity index (χ1) is 18.6. The molecule has 202 valence electrons. The molecule has 3 aromatic heterocycles. The van der Waals surface area contributed by atoms with Gasteiger partial charge in [0.1, 0.15) is 17.5 Å². The maximum absolute atomic E-state index is 13.1. The van der Waals surface area contributed by atoms with Gasteiger partial charge >= 0.3 is 5.63 Å². The molecule has 39 heavy (non-hydrogen) atoms. The Kier molecular flexibility index (Phi) is 8.29. The van der Waals surface area contributed by atoms with Gasteiger partial charge in [0.25, 0.3) is 5.91 Å². The molecule has 0 radical (unpaired) electrons. The molecule has 14 heteroatoms. The summed E-state index contributed by atoms with van der Waals surface area (Å²) in [6.07, 6.45) is 1.49. The van der Waals surface area contributed by atoms with Crippen LogP contribution in [0.15, 0.2) is 45.7 Å².